The Morgan fingerprint density at radius 2 is 1.93 bits per heavy atom. The third-order valence-electron chi connectivity index (χ3n) is 5.71. The van der Waals surface area contributed by atoms with Gasteiger partial charge in [0.15, 0.2) is 0 Å². The van der Waals surface area contributed by atoms with Crippen molar-refractivity contribution in [2.45, 2.75) is 25.7 Å². The summed E-state index contributed by atoms with van der Waals surface area (Å²) in [4.78, 5) is 12.4. The number of sulfonamides is 1. The highest BCUT2D eigenvalue weighted by atomic mass is 32.2. The van der Waals surface area contributed by atoms with Crippen LogP contribution in [0.5, 0.6) is 0 Å². The number of piperidine rings is 1. The van der Waals surface area contributed by atoms with Gasteiger partial charge in [-0.25, -0.2) is 17.1 Å². The first-order valence-corrected chi connectivity index (χ1v) is 12.0. The van der Waals surface area contributed by atoms with Crippen LogP contribution in [0.1, 0.15) is 36.0 Å². The van der Waals surface area contributed by atoms with Crippen molar-refractivity contribution in [3.8, 4) is 0 Å². The molecule has 1 amide bonds. The number of carbonyl (C=O) groups excluding carboxylic acids is 1. The third-order valence-corrected chi connectivity index (χ3v) is 7.01. The van der Waals surface area contributed by atoms with Crippen molar-refractivity contribution in [1.82, 2.24) is 9.62 Å². The maximum atomic E-state index is 13.1. The van der Waals surface area contributed by atoms with Crippen LogP contribution in [0.25, 0.3) is 0 Å². The molecule has 1 atom stereocenters. The maximum absolute atomic E-state index is 13.1. The van der Waals surface area contributed by atoms with Gasteiger partial charge in [0.2, 0.25) is 10.0 Å². The van der Waals surface area contributed by atoms with E-state index in [4.69, 9.17) is 4.74 Å². The molecule has 1 heterocycles. The summed E-state index contributed by atoms with van der Waals surface area (Å²) in [5, 5.41) is 12.5. The van der Waals surface area contributed by atoms with Crippen LogP contribution in [-0.4, -0.2) is 70.0 Å². The lowest BCUT2D eigenvalue weighted by Crippen LogP contribution is -2.42. The van der Waals surface area contributed by atoms with Gasteiger partial charge in [-0.15, -0.1) is 0 Å². The molecule has 0 saturated carbocycles. The molecule has 0 spiro atoms. The molecular weight excluding hydrogens is 411 g/mol. The summed E-state index contributed by atoms with van der Waals surface area (Å²) in [7, 11) is -1.57. The molecule has 1 unspecified atom stereocenters. The Hall–Kier alpha value is -1.55. The fourth-order valence-electron chi connectivity index (χ4n) is 4.07. The second-order valence-corrected chi connectivity index (χ2v) is 9.69. The zero-order valence-electron chi connectivity index (χ0n) is 17.6. The van der Waals surface area contributed by atoms with Crippen LogP contribution in [0.3, 0.4) is 0 Å². The number of halogens is 1. The van der Waals surface area contributed by atoms with Gasteiger partial charge in [-0.2, -0.15) is 0 Å². The van der Waals surface area contributed by atoms with E-state index in [2.05, 4.69) is 5.32 Å². The Balaban J connectivity index is 2.05. The molecule has 0 aliphatic carbocycles. The average Bonchev–Trinajstić information content (AvgIpc) is 2.72. The van der Waals surface area contributed by atoms with Crippen LogP contribution in [0, 0.1) is 23.6 Å². The highest BCUT2D eigenvalue weighted by Crippen LogP contribution is 2.36. The zero-order chi connectivity index (χ0) is 22.1. The van der Waals surface area contributed by atoms with Crippen LogP contribution in [0.2, 0.25) is 0 Å². The number of ether oxygens (including phenoxy) is 1. The molecule has 1 aromatic carbocycles. The minimum absolute atomic E-state index is 0.0343. The van der Waals surface area contributed by atoms with Crippen LogP contribution >= 0.6 is 0 Å². The molecule has 1 saturated heterocycles. The minimum atomic E-state index is -3.20. The van der Waals surface area contributed by atoms with Crippen molar-refractivity contribution in [2.75, 3.05) is 46.2 Å². The van der Waals surface area contributed by atoms with Crippen molar-refractivity contribution in [2.24, 2.45) is 11.8 Å². The van der Waals surface area contributed by atoms with Gasteiger partial charge < -0.3 is 15.2 Å². The van der Waals surface area contributed by atoms with E-state index in [1.54, 1.807) is 7.11 Å². The monoisotopic (exact) mass is 443 g/mol. The molecule has 0 bridgehead atoms. The van der Waals surface area contributed by atoms with Gasteiger partial charge in [0.25, 0.3) is 5.91 Å². The minimum Gasteiger partial charge on any atom is -0.396 e. The zero-order valence-corrected chi connectivity index (χ0v) is 18.5. The molecule has 1 aromatic rings. The molecule has 0 aromatic heterocycles. The number of hydrogen-bond acceptors (Lipinski definition) is 5. The lowest BCUT2D eigenvalue weighted by Gasteiger charge is -2.38. The third kappa shape index (κ3) is 7.30. The summed E-state index contributed by atoms with van der Waals surface area (Å²) in [6.45, 7) is 1.76. The van der Waals surface area contributed by atoms with E-state index in [-0.39, 0.29) is 24.3 Å². The van der Waals surface area contributed by atoms with Gasteiger partial charge in [-0.3, -0.25) is 4.79 Å². The first kappa shape index (κ1) is 24.7. The standard InChI is InChI=1S/C21H32FN2O5S/c1-29-14-10-20(16-7-11-24(12-8-16)30(2,27)28)18(9-13-25)15-23-21(26)17-3-5-19(22)6-4-17/h3-6,16,20,25H,7-15H2,1-2H3,(H,23,26). The summed E-state index contributed by atoms with van der Waals surface area (Å²) < 4.78 is 43.4. The van der Waals surface area contributed by atoms with Gasteiger partial charge >= 0.3 is 0 Å². The largest absolute Gasteiger partial charge is 0.396 e. The molecule has 30 heavy (non-hydrogen) atoms. The summed E-state index contributed by atoms with van der Waals surface area (Å²) >= 11 is 0. The molecule has 1 aliphatic rings. The molecule has 1 fully saturated rings. The number of nitrogens with zero attached hydrogens (tertiary/aromatic N) is 1. The number of amides is 1. The normalized spacial score (nSPS) is 17.2. The topological polar surface area (TPSA) is 95.9 Å². The number of nitrogens with one attached hydrogen (secondary N) is 1. The van der Waals surface area contributed by atoms with Gasteiger partial charge in [0.05, 0.1) is 6.26 Å². The molecular formula is C21H32FN2O5S. The van der Waals surface area contributed by atoms with Crippen molar-refractivity contribution in [3.63, 3.8) is 0 Å². The van der Waals surface area contributed by atoms with Crippen molar-refractivity contribution >= 4 is 15.9 Å². The first-order valence-electron chi connectivity index (χ1n) is 10.2. The predicted octanol–water partition coefficient (Wildman–Crippen LogP) is 1.84. The number of benzene rings is 1. The quantitative estimate of drug-likeness (QED) is 0.544. The molecule has 9 heteroatoms. The van der Waals surface area contributed by atoms with Gasteiger partial charge in [-0.1, -0.05) is 0 Å². The van der Waals surface area contributed by atoms with Crippen LogP contribution < -0.4 is 5.32 Å². The average molecular weight is 444 g/mol. The Labute approximate surface area is 178 Å². The number of rotatable bonds is 11. The molecule has 1 radical (unpaired) electrons. The molecule has 1 aliphatic heterocycles. The molecule has 2 N–H and O–H groups in total. The fourth-order valence-corrected chi connectivity index (χ4v) is 4.95. The van der Waals surface area contributed by atoms with Crippen LogP contribution in [0.15, 0.2) is 24.3 Å². The lowest BCUT2D eigenvalue weighted by molar-refractivity contribution is 0.0944. The van der Waals surface area contributed by atoms with Crippen LogP contribution in [0.4, 0.5) is 4.39 Å². The van der Waals surface area contributed by atoms with E-state index in [1.807, 2.05) is 0 Å². The Morgan fingerprint density at radius 1 is 1.30 bits per heavy atom. The van der Waals surface area contributed by atoms with Crippen molar-refractivity contribution in [1.29, 1.82) is 0 Å². The van der Waals surface area contributed by atoms with E-state index >= 15 is 0 Å². The van der Waals surface area contributed by atoms with E-state index in [9.17, 15) is 22.7 Å². The number of hydrogen-bond donors (Lipinski definition) is 2. The second-order valence-electron chi connectivity index (χ2n) is 7.71. The Bertz CT molecular complexity index is 764. The lowest BCUT2D eigenvalue weighted by atomic mass is 9.74. The van der Waals surface area contributed by atoms with Gasteiger partial charge in [-0.05, 0) is 61.8 Å². The summed E-state index contributed by atoms with van der Waals surface area (Å²) in [5.74, 6) is 0.666. The fraction of sp³-hybridized carbons (Fsp3) is 0.619. The van der Waals surface area contributed by atoms with Gasteiger partial charge in [0.1, 0.15) is 5.82 Å². The van der Waals surface area contributed by atoms with Crippen molar-refractivity contribution < 1.29 is 27.4 Å². The first-order chi connectivity index (χ1) is 14.3. The Morgan fingerprint density at radius 3 is 2.47 bits per heavy atom. The van der Waals surface area contributed by atoms with E-state index in [0.29, 0.717) is 38.2 Å². The molecule has 7 nitrogen and oxygen atoms in total. The van der Waals surface area contributed by atoms with E-state index < -0.39 is 15.8 Å². The SMILES string of the molecule is COCCC([C](CCO)CNC(=O)c1ccc(F)cc1)C1CCN(S(C)(=O)=O)CC1. The smallest absolute Gasteiger partial charge is 0.251 e. The number of aliphatic hydroxyl groups is 1. The highest BCUT2D eigenvalue weighted by molar-refractivity contribution is 7.88. The number of aliphatic hydroxyl groups excluding tert-OH is 1. The Kier molecular flexibility index (Phi) is 9.67. The molecule has 2 rings (SSSR count). The second kappa shape index (κ2) is 11.7. The maximum Gasteiger partial charge on any atom is 0.251 e. The molecule has 169 valence electrons. The number of carbonyl (C=O) groups is 1. The van der Waals surface area contributed by atoms with Gasteiger partial charge in [0, 0.05) is 51.4 Å². The summed E-state index contributed by atoms with van der Waals surface area (Å²) in [5.41, 5.74) is 0.370. The summed E-state index contributed by atoms with van der Waals surface area (Å²) in [6.07, 6.45) is 3.86. The van der Waals surface area contributed by atoms with E-state index in [0.717, 1.165) is 25.2 Å². The highest BCUT2D eigenvalue weighted by Gasteiger charge is 2.34. The van der Waals surface area contributed by atoms with E-state index in [1.165, 1.54) is 34.8 Å². The predicted molar refractivity (Wildman–Crippen MR) is 113 cm³/mol. The number of methoxy groups -OCH3 is 1. The summed E-state index contributed by atoms with van der Waals surface area (Å²) in [6, 6.07) is 5.34. The van der Waals surface area contributed by atoms with Crippen LogP contribution in [-0.2, 0) is 14.8 Å². The van der Waals surface area contributed by atoms with Crippen molar-refractivity contribution in [3.05, 3.63) is 41.6 Å².